The highest BCUT2D eigenvalue weighted by Gasteiger charge is 2.35. The molecular weight excluding hydrogens is 325 g/mol. The summed E-state index contributed by atoms with van der Waals surface area (Å²) in [6.07, 6.45) is 0. The molecule has 2 heterocycles. The number of rotatable bonds is 2. The van der Waals surface area contributed by atoms with Crippen molar-refractivity contribution in [1.82, 2.24) is 15.1 Å². The van der Waals surface area contributed by atoms with E-state index in [9.17, 15) is 9.18 Å². The lowest BCUT2D eigenvalue weighted by Crippen LogP contribution is -2.63. The standard InChI is InChI=1S/C14H17BrFN3O/c15-12-2-1-10(7-13(12)16)14(20)19-8-11(9-19)18-5-3-17-4-6-18/h1-2,7,11,17H,3-6,8-9H2. The smallest absolute Gasteiger partial charge is 0.254 e. The van der Waals surface area contributed by atoms with Crippen LogP contribution in [0, 0.1) is 5.82 Å². The molecule has 0 bridgehead atoms. The van der Waals surface area contributed by atoms with Gasteiger partial charge in [-0.3, -0.25) is 9.69 Å². The minimum atomic E-state index is -0.393. The summed E-state index contributed by atoms with van der Waals surface area (Å²) < 4.78 is 13.8. The average molecular weight is 342 g/mol. The van der Waals surface area contributed by atoms with E-state index in [0.717, 1.165) is 39.3 Å². The average Bonchev–Trinajstić information content (AvgIpc) is 2.41. The van der Waals surface area contributed by atoms with Crippen molar-refractivity contribution in [2.75, 3.05) is 39.3 Å². The van der Waals surface area contributed by atoms with Gasteiger partial charge in [0.2, 0.25) is 0 Å². The van der Waals surface area contributed by atoms with Crippen molar-refractivity contribution in [1.29, 1.82) is 0 Å². The summed E-state index contributed by atoms with van der Waals surface area (Å²) in [5, 5.41) is 3.32. The Bertz CT molecular complexity index is 513. The van der Waals surface area contributed by atoms with Crippen LogP contribution in [0.15, 0.2) is 22.7 Å². The van der Waals surface area contributed by atoms with E-state index in [1.807, 2.05) is 0 Å². The molecular formula is C14H17BrFN3O. The Morgan fingerprint density at radius 3 is 2.65 bits per heavy atom. The molecule has 1 aromatic rings. The zero-order valence-corrected chi connectivity index (χ0v) is 12.7. The normalized spacial score (nSPS) is 20.8. The van der Waals surface area contributed by atoms with E-state index in [0.29, 0.717) is 16.1 Å². The van der Waals surface area contributed by atoms with Gasteiger partial charge in [-0.1, -0.05) is 0 Å². The Morgan fingerprint density at radius 1 is 1.30 bits per heavy atom. The summed E-state index contributed by atoms with van der Waals surface area (Å²) in [6.45, 7) is 5.61. The molecule has 0 spiro atoms. The zero-order valence-electron chi connectivity index (χ0n) is 11.1. The molecule has 0 saturated carbocycles. The van der Waals surface area contributed by atoms with Gasteiger partial charge in [0, 0.05) is 50.9 Å². The van der Waals surface area contributed by atoms with Crippen LogP contribution in [0.1, 0.15) is 10.4 Å². The van der Waals surface area contributed by atoms with Gasteiger partial charge < -0.3 is 10.2 Å². The fourth-order valence-electron chi connectivity index (χ4n) is 2.71. The van der Waals surface area contributed by atoms with Crippen LogP contribution in [0.4, 0.5) is 4.39 Å². The van der Waals surface area contributed by atoms with Crippen LogP contribution in [0.25, 0.3) is 0 Å². The number of likely N-dealkylation sites (tertiary alicyclic amines) is 1. The minimum absolute atomic E-state index is 0.0808. The third kappa shape index (κ3) is 2.73. The highest BCUT2D eigenvalue weighted by atomic mass is 79.9. The van der Waals surface area contributed by atoms with Crippen molar-refractivity contribution in [2.24, 2.45) is 0 Å². The molecule has 20 heavy (non-hydrogen) atoms. The van der Waals surface area contributed by atoms with E-state index in [-0.39, 0.29) is 5.91 Å². The molecule has 2 aliphatic heterocycles. The van der Waals surface area contributed by atoms with Gasteiger partial charge >= 0.3 is 0 Å². The quantitative estimate of drug-likeness (QED) is 0.881. The number of hydrogen-bond donors (Lipinski definition) is 1. The summed E-state index contributed by atoms with van der Waals surface area (Å²) in [7, 11) is 0. The third-order valence-electron chi connectivity index (χ3n) is 3.98. The summed E-state index contributed by atoms with van der Waals surface area (Å²) >= 11 is 3.10. The molecule has 1 aromatic carbocycles. The van der Waals surface area contributed by atoms with Crippen molar-refractivity contribution in [3.63, 3.8) is 0 Å². The van der Waals surface area contributed by atoms with Crippen LogP contribution in [0.3, 0.4) is 0 Å². The minimum Gasteiger partial charge on any atom is -0.335 e. The molecule has 108 valence electrons. The fraction of sp³-hybridized carbons (Fsp3) is 0.500. The van der Waals surface area contributed by atoms with Crippen molar-refractivity contribution >= 4 is 21.8 Å². The van der Waals surface area contributed by atoms with Crippen LogP contribution < -0.4 is 5.32 Å². The molecule has 1 N–H and O–H groups in total. The second-order valence-electron chi connectivity index (χ2n) is 5.28. The molecule has 2 saturated heterocycles. The van der Waals surface area contributed by atoms with Crippen molar-refractivity contribution in [2.45, 2.75) is 6.04 Å². The Kier molecular flexibility index (Phi) is 4.05. The van der Waals surface area contributed by atoms with E-state index >= 15 is 0 Å². The predicted octanol–water partition coefficient (Wildman–Crippen LogP) is 1.32. The summed E-state index contributed by atoms with van der Waals surface area (Å²) in [5.74, 6) is -0.474. The highest BCUT2D eigenvalue weighted by Crippen LogP contribution is 2.21. The molecule has 6 heteroatoms. The van der Waals surface area contributed by atoms with E-state index in [1.165, 1.54) is 6.07 Å². The van der Waals surface area contributed by atoms with Gasteiger partial charge in [0.25, 0.3) is 5.91 Å². The molecule has 0 unspecified atom stereocenters. The summed E-state index contributed by atoms with van der Waals surface area (Å²) in [4.78, 5) is 16.4. The number of hydrogen-bond acceptors (Lipinski definition) is 3. The monoisotopic (exact) mass is 341 g/mol. The number of carbonyl (C=O) groups excluding carboxylic acids is 1. The maximum atomic E-state index is 13.5. The molecule has 3 rings (SSSR count). The number of amides is 1. The first-order valence-corrected chi connectivity index (χ1v) is 7.63. The number of nitrogens with one attached hydrogen (secondary N) is 1. The van der Waals surface area contributed by atoms with Crippen molar-refractivity contribution in [3.8, 4) is 0 Å². The second kappa shape index (κ2) is 5.79. The van der Waals surface area contributed by atoms with Gasteiger partial charge in [0.05, 0.1) is 4.47 Å². The molecule has 0 atom stereocenters. The molecule has 0 aliphatic carbocycles. The maximum Gasteiger partial charge on any atom is 0.254 e. The van der Waals surface area contributed by atoms with Gasteiger partial charge in [-0.05, 0) is 34.1 Å². The maximum absolute atomic E-state index is 13.5. The fourth-order valence-corrected chi connectivity index (χ4v) is 2.96. The van der Waals surface area contributed by atoms with Crippen LogP contribution in [0.2, 0.25) is 0 Å². The van der Waals surface area contributed by atoms with Gasteiger partial charge in [0.15, 0.2) is 0 Å². The lowest BCUT2D eigenvalue weighted by atomic mass is 10.0. The van der Waals surface area contributed by atoms with Gasteiger partial charge in [-0.25, -0.2) is 4.39 Å². The Balaban J connectivity index is 1.58. The van der Waals surface area contributed by atoms with E-state index in [4.69, 9.17) is 0 Å². The molecule has 0 aromatic heterocycles. The van der Waals surface area contributed by atoms with Crippen LogP contribution in [0.5, 0.6) is 0 Å². The van der Waals surface area contributed by atoms with Crippen LogP contribution in [-0.2, 0) is 0 Å². The summed E-state index contributed by atoms with van der Waals surface area (Å²) in [5.41, 5.74) is 0.421. The lowest BCUT2D eigenvalue weighted by Gasteiger charge is -2.46. The van der Waals surface area contributed by atoms with E-state index in [2.05, 4.69) is 26.1 Å². The Morgan fingerprint density at radius 2 is 2.00 bits per heavy atom. The first kappa shape index (κ1) is 14.0. The molecule has 2 fully saturated rings. The van der Waals surface area contributed by atoms with Crippen LogP contribution in [-0.4, -0.2) is 61.0 Å². The third-order valence-corrected chi connectivity index (χ3v) is 4.63. The van der Waals surface area contributed by atoms with Crippen molar-refractivity contribution < 1.29 is 9.18 Å². The van der Waals surface area contributed by atoms with Crippen LogP contribution >= 0.6 is 15.9 Å². The molecule has 2 aliphatic rings. The van der Waals surface area contributed by atoms with Gasteiger partial charge in [0.1, 0.15) is 5.82 Å². The highest BCUT2D eigenvalue weighted by molar-refractivity contribution is 9.10. The van der Waals surface area contributed by atoms with Gasteiger partial charge in [-0.2, -0.15) is 0 Å². The largest absolute Gasteiger partial charge is 0.335 e. The number of nitrogens with zero attached hydrogens (tertiary/aromatic N) is 2. The summed E-state index contributed by atoms with van der Waals surface area (Å²) in [6, 6.07) is 5.00. The molecule has 1 amide bonds. The van der Waals surface area contributed by atoms with Gasteiger partial charge in [-0.15, -0.1) is 0 Å². The zero-order chi connectivity index (χ0) is 14.1. The number of halogens is 2. The lowest BCUT2D eigenvalue weighted by molar-refractivity contribution is 0.0227. The SMILES string of the molecule is O=C(c1ccc(Br)c(F)c1)N1CC(N2CCNCC2)C1. The number of carbonyl (C=O) groups is 1. The number of benzene rings is 1. The topological polar surface area (TPSA) is 35.6 Å². The first-order chi connectivity index (χ1) is 9.65. The first-order valence-electron chi connectivity index (χ1n) is 6.84. The molecule has 0 radical (unpaired) electrons. The van der Waals surface area contributed by atoms with E-state index in [1.54, 1.807) is 17.0 Å². The predicted molar refractivity (Wildman–Crippen MR) is 78.2 cm³/mol. The Hall–Kier alpha value is -0.980. The van der Waals surface area contributed by atoms with E-state index < -0.39 is 5.82 Å². The Labute approximate surface area is 126 Å². The number of piperazine rings is 1. The van der Waals surface area contributed by atoms with Crippen molar-refractivity contribution in [3.05, 3.63) is 34.1 Å². The molecule has 4 nitrogen and oxygen atoms in total. The second-order valence-corrected chi connectivity index (χ2v) is 6.13.